The topological polar surface area (TPSA) is 32.3 Å². The Morgan fingerprint density at radius 3 is 2.91 bits per heavy atom. The fraction of sp³-hybridized carbons (Fsp3) is 0.316. The number of benzene rings is 2. The van der Waals surface area contributed by atoms with Crippen LogP contribution >= 0.6 is 15.9 Å². The number of rotatable bonds is 4. The third-order valence-corrected chi connectivity index (χ3v) is 5.11. The maximum Gasteiger partial charge on any atom is 0.228 e. The zero-order valence-corrected chi connectivity index (χ0v) is 14.9. The maximum absolute atomic E-state index is 12.5. The molecular weight excluding hydrogens is 352 g/mol. The van der Waals surface area contributed by atoms with Crippen molar-refractivity contribution in [2.45, 2.75) is 26.2 Å². The van der Waals surface area contributed by atoms with Crippen molar-refractivity contribution in [2.75, 3.05) is 23.3 Å². The summed E-state index contributed by atoms with van der Waals surface area (Å²) in [6, 6.07) is 14.4. The molecule has 0 saturated heterocycles. The lowest BCUT2D eigenvalue weighted by molar-refractivity contribution is -0.118. The van der Waals surface area contributed by atoms with Gasteiger partial charge in [0, 0.05) is 35.4 Å². The quantitative estimate of drug-likeness (QED) is 0.854. The molecule has 0 fully saturated rings. The molecule has 4 heteroatoms. The van der Waals surface area contributed by atoms with Gasteiger partial charge in [0.25, 0.3) is 0 Å². The molecule has 3 nitrogen and oxygen atoms in total. The zero-order valence-electron chi connectivity index (χ0n) is 13.3. The minimum atomic E-state index is 0.191. The van der Waals surface area contributed by atoms with Crippen LogP contribution in [-0.2, 0) is 11.2 Å². The minimum Gasteiger partial charge on any atom is -0.384 e. The molecule has 0 aliphatic carbocycles. The summed E-state index contributed by atoms with van der Waals surface area (Å²) in [5, 5.41) is 3.33. The predicted molar refractivity (Wildman–Crippen MR) is 99.1 cm³/mol. The Kier molecular flexibility index (Phi) is 5.01. The SMILES string of the molecule is Cc1ccc(NCCC(=O)N2CCCc3ccccc32)cc1Br. The molecule has 1 heterocycles. The van der Waals surface area contributed by atoms with Crippen LogP contribution in [0, 0.1) is 6.92 Å². The lowest BCUT2D eigenvalue weighted by Crippen LogP contribution is -2.36. The molecule has 0 spiro atoms. The number of aryl methyl sites for hydroxylation is 2. The Balaban J connectivity index is 1.59. The van der Waals surface area contributed by atoms with Crippen LogP contribution in [0.15, 0.2) is 46.9 Å². The van der Waals surface area contributed by atoms with Gasteiger partial charge >= 0.3 is 0 Å². The summed E-state index contributed by atoms with van der Waals surface area (Å²) in [5.74, 6) is 0.191. The van der Waals surface area contributed by atoms with Crippen molar-refractivity contribution in [3.63, 3.8) is 0 Å². The molecule has 1 aliphatic rings. The second-order valence-electron chi connectivity index (χ2n) is 5.92. The Morgan fingerprint density at radius 1 is 1.26 bits per heavy atom. The molecule has 0 unspecified atom stereocenters. The molecule has 0 saturated carbocycles. The summed E-state index contributed by atoms with van der Waals surface area (Å²) in [6.07, 6.45) is 2.61. The highest BCUT2D eigenvalue weighted by Gasteiger charge is 2.21. The first kappa shape index (κ1) is 16.1. The molecule has 23 heavy (non-hydrogen) atoms. The average molecular weight is 373 g/mol. The van der Waals surface area contributed by atoms with Gasteiger partial charge in [0.1, 0.15) is 0 Å². The number of fused-ring (bicyclic) bond motifs is 1. The van der Waals surface area contributed by atoms with E-state index in [1.807, 2.05) is 23.1 Å². The molecule has 1 N–H and O–H groups in total. The predicted octanol–water partition coefficient (Wildman–Crippen LogP) is 4.54. The van der Waals surface area contributed by atoms with Crippen molar-refractivity contribution in [3.8, 4) is 0 Å². The fourth-order valence-electron chi connectivity index (χ4n) is 2.94. The van der Waals surface area contributed by atoms with E-state index in [2.05, 4.69) is 52.4 Å². The van der Waals surface area contributed by atoms with Crippen LogP contribution in [0.4, 0.5) is 11.4 Å². The highest BCUT2D eigenvalue weighted by Crippen LogP contribution is 2.27. The molecule has 0 radical (unpaired) electrons. The Hall–Kier alpha value is -1.81. The van der Waals surface area contributed by atoms with E-state index >= 15 is 0 Å². The van der Waals surface area contributed by atoms with Crippen molar-refractivity contribution in [1.82, 2.24) is 0 Å². The lowest BCUT2D eigenvalue weighted by Gasteiger charge is -2.29. The number of carbonyl (C=O) groups excluding carboxylic acids is 1. The Morgan fingerprint density at radius 2 is 2.09 bits per heavy atom. The summed E-state index contributed by atoms with van der Waals surface area (Å²) in [4.78, 5) is 14.5. The van der Waals surface area contributed by atoms with Gasteiger partial charge in [-0.25, -0.2) is 0 Å². The number of anilines is 2. The van der Waals surface area contributed by atoms with Crippen LogP contribution in [0.1, 0.15) is 24.0 Å². The van der Waals surface area contributed by atoms with Gasteiger partial charge < -0.3 is 10.2 Å². The molecule has 0 bridgehead atoms. The number of nitrogens with one attached hydrogen (secondary N) is 1. The first-order chi connectivity index (χ1) is 11.1. The molecule has 3 rings (SSSR count). The maximum atomic E-state index is 12.5. The molecule has 2 aromatic carbocycles. The van der Waals surface area contributed by atoms with Gasteiger partial charge in [-0.15, -0.1) is 0 Å². The second-order valence-corrected chi connectivity index (χ2v) is 6.77. The molecule has 2 aromatic rings. The molecule has 0 atom stereocenters. The monoisotopic (exact) mass is 372 g/mol. The van der Waals surface area contributed by atoms with Gasteiger partial charge in [-0.2, -0.15) is 0 Å². The van der Waals surface area contributed by atoms with Gasteiger partial charge in [-0.1, -0.05) is 40.2 Å². The Bertz CT molecular complexity index is 714. The molecule has 1 aliphatic heterocycles. The van der Waals surface area contributed by atoms with Crippen LogP contribution in [0.25, 0.3) is 0 Å². The van der Waals surface area contributed by atoms with E-state index in [1.54, 1.807) is 0 Å². The zero-order chi connectivity index (χ0) is 16.2. The largest absolute Gasteiger partial charge is 0.384 e. The highest BCUT2D eigenvalue weighted by atomic mass is 79.9. The second kappa shape index (κ2) is 7.18. The Labute approximate surface area is 145 Å². The normalized spacial score (nSPS) is 13.6. The summed E-state index contributed by atoms with van der Waals surface area (Å²) in [7, 11) is 0. The van der Waals surface area contributed by atoms with Crippen LogP contribution < -0.4 is 10.2 Å². The average Bonchev–Trinajstić information content (AvgIpc) is 2.57. The first-order valence-corrected chi connectivity index (χ1v) is 8.83. The third kappa shape index (κ3) is 3.75. The van der Waals surface area contributed by atoms with Crippen molar-refractivity contribution in [3.05, 3.63) is 58.1 Å². The fourth-order valence-corrected chi connectivity index (χ4v) is 3.32. The number of para-hydroxylation sites is 1. The van der Waals surface area contributed by atoms with E-state index in [9.17, 15) is 4.79 Å². The van der Waals surface area contributed by atoms with E-state index in [0.29, 0.717) is 13.0 Å². The summed E-state index contributed by atoms with van der Waals surface area (Å²) >= 11 is 3.53. The number of hydrogen-bond acceptors (Lipinski definition) is 2. The van der Waals surface area contributed by atoms with Crippen LogP contribution in [-0.4, -0.2) is 19.0 Å². The summed E-state index contributed by atoms with van der Waals surface area (Å²) < 4.78 is 1.08. The summed E-state index contributed by atoms with van der Waals surface area (Å²) in [6.45, 7) is 3.53. The van der Waals surface area contributed by atoms with Crippen LogP contribution in [0.3, 0.4) is 0 Å². The van der Waals surface area contributed by atoms with Gasteiger partial charge in [-0.3, -0.25) is 4.79 Å². The van der Waals surface area contributed by atoms with E-state index in [0.717, 1.165) is 35.2 Å². The van der Waals surface area contributed by atoms with Gasteiger partial charge in [0.05, 0.1) is 0 Å². The number of halogens is 1. The molecule has 1 amide bonds. The number of nitrogens with zero attached hydrogens (tertiary/aromatic N) is 1. The van der Waals surface area contributed by atoms with Gasteiger partial charge in [0.2, 0.25) is 5.91 Å². The van der Waals surface area contributed by atoms with Crippen molar-refractivity contribution >= 4 is 33.2 Å². The minimum absolute atomic E-state index is 0.191. The van der Waals surface area contributed by atoms with E-state index in [4.69, 9.17) is 0 Å². The highest BCUT2D eigenvalue weighted by molar-refractivity contribution is 9.10. The smallest absolute Gasteiger partial charge is 0.228 e. The number of hydrogen-bond donors (Lipinski definition) is 1. The van der Waals surface area contributed by atoms with E-state index in [1.165, 1.54) is 11.1 Å². The van der Waals surface area contributed by atoms with E-state index < -0.39 is 0 Å². The number of amides is 1. The standard InChI is InChI=1S/C19H21BrN2O/c1-14-8-9-16(13-17(14)20)21-11-10-19(23)22-12-4-6-15-5-2-3-7-18(15)22/h2-3,5,7-9,13,21H,4,6,10-12H2,1H3. The third-order valence-electron chi connectivity index (χ3n) is 4.25. The van der Waals surface area contributed by atoms with Gasteiger partial charge in [-0.05, 0) is 49.1 Å². The van der Waals surface area contributed by atoms with Gasteiger partial charge in [0.15, 0.2) is 0 Å². The summed E-state index contributed by atoms with van der Waals surface area (Å²) in [5.41, 5.74) is 4.61. The van der Waals surface area contributed by atoms with Crippen molar-refractivity contribution < 1.29 is 4.79 Å². The molecule has 120 valence electrons. The number of carbonyl (C=O) groups is 1. The van der Waals surface area contributed by atoms with Crippen LogP contribution in [0.2, 0.25) is 0 Å². The molecular formula is C19H21BrN2O. The van der Waals surface area contributed by atoms with Crippen molar-refractivity contribution in [1.29, 1.82) is 0 Å². The molecule has 0 aromatic heterocycles. The van der Waals surface area contributed by atoms with Crippen molar-refractivity contribution in [2.24, 2.45) is 0 Å². The van der Waals surface area contributed by atoms with E-state index in [-0.39, 0.29) is 5.91 Å². The lowest BCUT2D eigenvalue weighted by atomic mass is 10.0. The first-order valence-electron chi connectivity index (χ1n) is 8.03. The van der Waals surface area contributed by atoms with Crippen LogP contribution in [0.5, 0.6) is 0 Å².